The number of nitrogens with one attached hydrogen (secondary N) is 1. The van der Waals surface area contributed by atoms with Gasteiger partial charge in [-0.3, -0.25) is 9.79 Å². The van der Waals surface area contributed by atoms with E-state index in [2.05, 4.69) is 42.4 Å². The van der Waals surface area contributed by atoms with Crippen molar-refractivity contribution in [2.24, 2.45) is 34.6 Å². The summed E-state index contributed by atoms with van der Waals surface area (Å²) >= 11 is 0. The van der Waals surface area contributed by atoms with Gasteiger partial charge in [0.05, 0.1) is 30.3 Å². The lowest BCUT2D eigenvalue weighted by Crippen LogP contribution is -2.33. The van der Waals surface area contributed by atoms with Crippen LogP contribution in [-0.2, 0) is 4.79 Å². The highest BCUT2D eigenvalue weighted by molar-refractivity contribution is 5.80. The second kappa shape index (κ2) is 17.5. The molecule has 41 heavy (non-hydrogen) atoms. The van der Waals surface area contributed by atoms with Gasteiger partial charge in [-0.1, -0.05) is 70.6 Å². The van der Waals surface area contributed by atoms with E-state index in [9.17, 15) is 25.2 Å². The minimum atomic E-state index is -0.958. The molecule has 0 aromatic carbocycles. The predicted molar refractivity (Wildman–Crippen MR) is 166 cm³/mol. The first kappa shape index (κ1) is 34.0. The number of unbranched alkanes of at least 4 members (excludes halogenated alkanes) is 4. The van der Waals surface area contributed by atoms with Crippen LogP contribution in [0.15, 0.2) is 28.8 Å². The van der Waals surface area contributed by atoms with Gasteiger partial charge in [0.15, 0.2) is 0 Å². The maximum absolute atomic E-state index is 12.0. The smallest absolute Gasteiger partial charge is 0.309 e. The minimum absolute atomic E-state index is 0.197. The largest absolute Gasteiger partial charge is 0.481 e. The second-order valence-corrected chi connectivity index (χ2v) is 13.2. The van der Waals surface area contributed by atoms with Crippen molar-refractivity contribution in [3.8, 4) is 0 Å². The number of hydrogen-bond donors (Lipinski definition) is 5. The molecule has 1 heterocycles. The first-order valence-corrected chi connectivity index (χ1v) is 16.6. The Kier molecular flexibility index (Phi) is 14.5. The Balaban J connectivity index is 1.40. The Morgan fingerprint density at radius 3 is 2.54 bits per heavy atom. The third-order valence-electron chi connectivity index (χ3n) is 9.91. The van der Waals surface area contributed by atoms with E-state index in [0.29, 0.717) is 49.9 Å². The summed E-state index contributed by atoms with van der Waals surface area (Å²) in [4.78, 5) is 16.3. The lowest BCUT2D eigenvalue weighted by molar-refractivity contribution is -0.146. The van der Waals surface area contributed by atoms with Crippen LogP contribution in [0.25, 0.3) is 0 Å². The summed E-state index contributed by atoms with van der Waals surface area (Å²) < 4.78 is 0. The van der Waals surface area contributed by atoms with Crippen LogP contribution >= 0.6 is 0 Å². The summed E-state index contributed by atoms with van der Waals surface area (Å²) in [6.07, 6.45) is 20.0. The second-order valence-electron chi connectivity index (χ2n) is 13.2. The fourth-order valence-corrected chi connectivity index (χ4v) is 7.41. The van der Waals surface area contributed by atoms with Crippen LogP contribution < -0.4 is 5.32 Å². The minimum Gasteiger partial charge on any atom is -0.481 e. The van der Waals surface area contributed by atoms with Gasteiger partial charge in [-0.05, 0) is 94.2 Å². The van der Waals surface area contributed by atoms with E-state index >= 15 is 0 Å². The number of aliphatic hydroxyl groups excluding tert-OH is 2. The molecule has 0 radical (unpaired) electrons. The molecule has 7 nitrogen and oxygen atoms in total. The molecular formula is C34H58N2O5. The van der Waals surface area contributed by atoms with Gasteiger partial charge in [0.2, 0.25) is 0 Å². The molecule has 5 N–H and O–H groups in total. The van der Waals surface area contributed by atoms with Crippen LogP contribution in [0.3, 0.4) is 0 Å². The van der Waals surface area contributed by atoms with Gasteiger partial charge in [-0.15, -0.1) is 0 Å². The van der Waals surface area contributed by atoms with Crippen molar-refractivity contribution in [2.75, 3.05) is 19.6 Å². The average molecular weight is 575 g/mol. The standard InChI is InChI=1S/C34H58N2O5/c1-3-5-7-10-25-13-14-27(32(38)20-25)11-8-6-9-12-30(33(39)40)31(37)15-17-34(41)21-28(19-26-16-18-36-23-26)29(22-34)24-35-4-2/h13-14,16,23,25,27-32,35,37-38,41H,3-12,15,17-22,24H2,1-2H3,(H,39,40). The number of allylic oxidation sites excluding steroid dienone is 2. The van der Waals surface area contributed by atoms with Gasteiger partial charge in [0.1, 0.15) is 0 Å². The molecule has 2 aliphatic carbocycles. The normalized spacial score (nSPS) is 31.0. The van der Waals surface area contributed by atoms with Crippen molar-refractivity contribution < 1.29 is 25.2 Å². The summed E-state index contributed by atoms with van der Waals surface area (Å²) in [5, 5.41) is 46.2. The third-order valence-corrected chi connectivity index (χ3v) is 9.91. The summed E-state index contributed by atoms with van der Waals surface area (Å²) in [5.41, 5.74) is 0.376. The van der Waals surface area contributed by atoms with E-state index in [-0.39, 0.29) is 12.0 Å². The molecule has 0 aromatic rings. The highest BCUT2D eigenvalue weighted by Crippen LogP contribution is 2.45. The monoisotopic (exact) mass is 574 g/mol. The fraction of sp³-hybridized carbons (Fsp3) is 0.824. The molecule has 7 heteroatoms. The van der Waals surface area contributed by atoms with Gasteiger partial charge in [-0.2, -0.15) is 0 Å². The first-order valence-electron chi connectivity index (χ1n) is 16.6. The Morgan fingerprint density at radius 1 is 1.07 bits per heavy atom. The summed E-state index contributed by atoms with van der Waals surface area (Å²) in [5.74, 6) is -0.360. The quantitative estimate of drug-likeness (QED) is 0.0942. The molecule has 0 aromatic heterocycles. The molecule has 1 saturated carbocycles. The van der Waals surface area contributed by atoms with Crippen molar-refractivity contribution in [3.63, 3.8) is 0 Å². The van der Waals surface area contributed by atoms with Crippen molar-refractivity contribution in [1.29, 1.82) is 0 Å². The number of carboxylic acids is 1. The number of carboxylic acid groups (broad SMARTS) is 1. The Bertz CT molecular complexity index is 873. The molecule has 8 atom stereocenters. The zero-order chi connectivity index (χ0) is 29.7. The molecule has 0 bridgehead atoms. The lowest BCUT2D eigenvalue weighted by atomic mass is 9.81. The number of rotatable bonds is 20. The zero-order valence-electron chi connectivity index (χ0n) is 25.7. The first-order chi connectivity index (χ1) is 19.7. The maximum atomic E-state index is 12.0. The fourth-order valence-electron chi connectivity index (χ4n) is 7.41. The van der Waals surface area contributed by atoms with Crippen LogP contribution in [0.5, 0.6) is 0 Å². The molecule has 234 valence electrons. The van der Waals surface area contributed by atoms with Crippen LogP contribution in [0, 0.1) is 29.6 Å². The molecule has 1 aliphatic heterocycles. The van der Waals surface area contributed by atoms with E-state index in [4.69, 9.17) is 0 Å². The third kappa shape index (κ3) is 11.2. The molecular weight excluding hydrogens is 516 g/mol. The molecule has 0 spiro atoms. The summed E-state index contributed by atoms with van der Waals surface area (Å²) in [6.45, 7) is 6.80. The number of nitrogens with zero attached hydrogens (tertiary/aromatic N) is 1. The molecule has 8 unspecified atom stereocenters. The predicted octanol–water partition coefficient (Wildman–Crippen LogP) is 5.68. The van der Waals surface area contributed by atoms with Crippen LogP contribution in [0.1, 0.15) is 110 Å². The molecule has 1 fully saturated rings. The van der Waals surface area contributed by atoms with Crippen LogP contribution in [0.2, 0.25) is 0 Å². The topological polar surface area (TPSA) is 122 Å². The zero-order valence-corrected chi connectivity index (χ0v) is 25.7. The van der Waals surface area contributed by atoms with Gasteiger partial charge in [0, 0.05) is 12.1 Å². The van der Waals surface area contributed by atoms with Crippen molar-refractivity contribution in [2.45, 2.75) is 128 Å². The van der Waals surface area contributed by atoms with Gasteiger partial charge in [-0.25, -0.2) is 0 Å². The van der Waals surface area contributed by atoms with E-state index < -0.39 is 23.6 Å². The number of carbonyl (C=O) groups is 1. The van der Waals surface area contributed by atoms with E-state index in [1.54, 1.807) is 0 Å². The van der Waals surface area contributed by atoms with E-state index in [1.807, 2.05) is 6.21 Å². The Morgan fingerprint density at radius 2 is 1.85 bits per heavy atom. The van der Waals surface area contributed by atoms with Crippen LogP contribution in [0.4, 0.5) is 0 Å². The Hall–Kier alpha value is -1.54. The molecule has 3 rings (SSSR count). The van der Waals surface area contributed by atoms with Gasteiger partial charge in [0.25, 0.3) is 0 Å². The number of aliphatic carboxylic acids is 1. The highest BCUT2D eigenvalue weighted by Gasteiger charge is 2.44. The van der Waals surface area contributed by atoms with Crippen LogP contribution in [-0.4, -0.2) is 70.1 Å². The van der Waals surface area contributed by atoms with E-state index in [1.165, 1.54) is 24.8 Å². The number of aliphatic hydroxyl groups is 3. The van der Waals surface area contributed by atoms with Crippen molar-refractivity contribution >= 4 is 12.2 Å². The van der Waals surface area contributed by atoms with E-state index in [0.717, 1.165) is 64.6 Å². The summed E-state index contributed by atoms with van der Waals surface area (Å²) in [6, 6.07) is 0. The number of hydrogen-bond acceptors (Lipinski definition) is 6. The molecule has 0 amide bonds. The van der Waals surface area contributed by atoms with Crippen molar-refractivity contribution in [3.05, 3.63) is 23.8 Å². The van der Waals surface area contributed by atoms with Gasteiger partial charge < -0.3 is 25.7 Å². The highest BCUT2D eigenvalue weighted by atomic mass is 16.4. The lowest BCUT2D eigenvalue weighted by Gasteiger charge is -2.28. The molecule has 3 aliphatic rings. The van der Waals surface area contributed by atoms with Crippen molar-refractivity contribution in [1.82, 2.24) is 5.32 Å². The number of aliphatic imine (C=N–C) groups is 1. The Labute approximate surface area is 248 Å². The average Bonchev–Trinajstić information content (AvgIpc) is 3.56. The maximum Gasteiger partial charge on any atom is 0.309 e. The molecule has 0 saturated heterocycles. The van der Waals surface area contributed by atoms with Gasteiger partial charge >= 0.3 is 5.97 Å². The summed E-state index contributed by atoms with van der Waals surface area (Å²) in [7, 11) is 0. The SMILES string of the molecule is CCCCCC1C=CC(CCCCCC(C(=O)O)C(O)CCC2(O)CC(CNCC)C(CC3=CCN=C3)C2)C(O)C1.